The van der Waals surface area contributed by atoms with E-state index in [1.807, 2.05) is 31.2 Å². The van der Waals surface area contributed by atoms with Crippen LogP contribution >= 0.6 is 0 Å². The zero-order valence-corrected chi connectivity index (χ0v) is 8.12. The summed E-state index contributed by atoms with van der Waals surface area (Å²) in [7, 11) is 0. The maximum atomic E-state index is 11.5. The molecule has 1 saturated carbocycles. The van der Waals surface area contributed by atoms with Gasteiger partial charge in [-0.15, -0.1) is 0 Å². The number of Topliss-reactive ketones (excluding diaryl/α,β-unsaturated/α-hetero) is 2. The Bertz CT molecular complexity index is 393. The first-order valence-corrected chi connectivity index (χ1v) is 4.78. The molecule has 2 nitrogen and oxygen atoms in total. The first kappa shape index (κ1) is 9.13. The third-order valence-electron chi connectivity index (χ3n) is 2.76. The molecule has 1 aliphatic rings. The van der Waals surface area contributed by atoms with Crippen LogP contribution in [-0.2, 0) is 9.59 Å². The second kappa shape index (κ2) is 3.37. The second-order valence-electron chi connectivity index (χ2n) is 3.80. The van der Waals surface area contributed by atoms with Crippen molar-refractivity contribution in [2.45, 2.75) is 25.7 Å². The molecular weight excluding hydrogens is 176 g/mol. The van der Waals surface area contributed by atoms with Crippen molar-refractivity contribution in [3.05, 3.63) is 35.4 Å². The fourth-order valence-corrected chi connectivity index (χ4v) is 1.99. The van der Waals surface area contributed by atoms with Gasteiger partial charge in [0.15, 0.2) is 0 Å². The molecule has 0 bridgehead atoms. The standard InChI is InChI=1S/C12H12O2/c1-8-4-2-3-5-10(8)11-6-9(13)7-12(11)14/h2-5,11H,6-7H2,1H3. The zero-order chi connectivity index (χ0) is 10.1. The van der Waals surface area contributed by atoms with Gasteiger partial charge in [-0.05, 0) is 18.1 Å². The van der Waals surface area contributed by atoms with Crippen molar-refractivity contribution >= 4 is 11.6 Å². The van der Waals surface area contributed by atoms with Crippen molar-refractivity contribution in [2.75, 3.05) is 0 Å². The summed E-state index contributed by atoms with van der Waals surface area (Å²) in [5.41, 5.74) is 2.11. The van der Waals surface area contributed by atoms with Gasteiger partial charge in [-0.2, -0.15) is 0 Å². The van der Waals surface area contributed by atoms with Gasteiger partial charge in [0.25, 0.3) is 0 Å². The lowest BCUT2D eigenvalue weighted by Gasteiger charge is -2.10. The van der Waals surface area contributed by atoms with Crippen LogP contribution in [-0.4, -0.2) is 11.6 Å². The molecule has 2 rings (SSSR count). The third kappa shape index (κ3) is 1.48. The average molecular weight is 188 g/mol. The van der Waals surface area contributed by atoms with E-state index in [0.29, 0.717) is 6.42 Å². The monoisotopic (exact) mass is 188 g/mol. The molecule has 0 aliphatic heterocycles. The van der Waals surface area contributed by atoms with Gasteiger partial charge in [0, 0.05) is 6.42 Å². The lowest BCUT2D eigenvalue weighted by molar-refractivity contribution is -0.121. The molecule has 0 aromatic heterocycles. The predicted molar refractivity (Wildman–Crippen MR) is 53.2 cm³/mol. The summed E-state index contributed by atoms with van der Waals surface area (Å²) < 4.78 is 0. The third-order valence-corrected chi connectivity index (χ3v) is 2.76. The molecule has 0 N–H and O–H groups in total. The molecule has 1 atom stereocenters. The predicted octanol–water partition coefficient (Wildman–Crippen LogP) is 2.01. The fraction of sp³-hybridized carbons (Fsp3) is 0.333. The zero-order valence-electron chi connectivity index (χ0n) is 8.12. The van der Waals surface area contributed by atoms with Crippen LogP contribution in [0.2, 0.25) is 0 Å². The lowest BCUT2D eigenvalue weighted by Crippen LogP contribution is -2.05. The van der Waals surface area contributed by atoms with Crippen molar-refractivity contribution in [2.24, 2.45) is 0 Å². The highest BCUT2D eigenvalue weighted by atomic mass is 16.2. The molecule has 14 heavy (non-hydrogen) atoms. The largest absolute Gasteiger partial charge is 0.299 e. The summed E-state index contributed by atoms with van der Waals surface area (Å²) >= 11 is 0. The Labute approximate surface area is 82.9 Å². The van der Waals surface area contributed by atoms with Crippen LogP contribution in [0.4, 0.5) is 0 Å². The molecular formula is C12H12O2. The maximum Gasteiger partial charge on any atom is 0.148 e. The van der Waals surface area contributed by atoms with Crippen LogP contribution in [0.5, 0.6) is 0 Å². The van der Waals surface area contributed by atoms with Gasteiger partial charge in [-0.25, -0.2) is 0 Å². The summed E-state index contributed by atoms with van der Waals surface area (Å²) in [5, 5.41) is 0. The Kier molecular flexibility index (Phi) is 2.20. The van der Waals surface area contributed by atoms with Crippen LogP contribution in [0.15, 0.2) is 24.3 Å². The number of hydrogen-bond donors (Lipinski definition) is 0. The van der Waals surface area contributed by atoms with Gasteiger partial charge >= 0.3 is 0 Å². The molecule has 1 unspecified atom stereocenters. The number of aryl methyl sites for hydroxylation is 1. The fourth-order valence-electron chi connectivity index (χ4n) is 1.99. The smallest absolute Gasteiger partial charge is 0.148 e. The number of benzene rings is 1. The molecule has 0 saturated heterocycles. The Morgan fingerprint density at radius 3 is 2.50 bits per heavy atom. The first-order valence-electron chi connectivity index (χ1n) is 4.78. The van der Waals surface area contributed by atoms with Crippen molar-refractivity contribution in [1.82, 2.24) is 0 Å². The highest BCUT2D eigenvalue weighted by molar-refractivity contribution is 6.09. The van der Waals surface area contributed by atoms with Crippen LogP contribution in [0, 0.1) is 6.92 Å². The normalized spacial score (nSPS) is 21.6. The summed E-state index contributed by atoms with van der Waals surface area (Å²) in [6.45, 7) is 1.98. The first-order chi connectivity index (χ1) is 6.68. The van der Waals surface area contributed by atoms with Crippen LogP contribution in [0.25, 0.3) is 0 Å². The van der Waals surface area contributed by atoms with Gasteiger partial charge < -0.3 is 0 Å². The Morgan fingerprint density at radius 1 is 1.21 bits per heavy atom. The maximum absolute atomic E-state index is 11.5. The van der Waals surface area contributed by atoms with E-state index in [2.05, 4.69) is 0 Å². The van der Waals surface area contributed by atoms with E-state index in [1.165, 1.54) is 0 Å². The van der Waals surface area contributed by atoms with E-state index < -0.39 is 0 Å². The number of rotatable bonds is 1. The van der Waals surface area contributed by atoms with Crippen molar-refractivity contribution in [3.8, 4) is 0 Å². The van der Waals surface area contributed by atoms with E-state index >= 15 is 0 Å². The van der Waals surface area contributed by atoms with E-state index in [1.54, 1.807) is 0 Å². The minimum Gasteiger partial charge on any atom is -0.299 e. The summed E-state index contributed by atoms with van der Waals surface area (Å²) in [4.78, 5) is 22.6. The Morgan fingerprint density at radius 2 is 1.93 bits per heavy atom. The van der Waals surface area contributed by atoms with Crippen molar-refractivity contribution < 1.29 is 9.59 Å². The number of carbonyl (C=O) groups excluding carboxylic acids is 2. The Balaban J connectivity index is 2.36. The van der Waals surface area contributed by atoms with E-state index in [4.69, 9.17) is 0 Å². The lowest BCUT2D eigenvalue weighted by atomic mass is 9.93. The van der Waals surface area contributed by atoms with Gasteiger partial charge in [0.2, 0.25) is 0 Å². The highest BCUT2D eigenvalue weighted by Crippen LogP contribution is 2.30. The number of carbonyl (C=O) groups is 2. The van der Waals surface area contributed by atoms with E-state index in [-0.39, 0.29) is 23.9 Å². The molecule has 0 heterocycles. The van der Waals surface area contributed by atoms with E-state index in [0.717, 1.165) is 11.1 Å². The van der Waals surface area contributed by atoms with Gasteiger partial charge in [0.05, 0.1) is 12.3 Å². The second-order valence-corrected chi connectivity index (χ2v) is 3.80. The molecule has 0 amide bonds. The van der Waals surface area contributed by atoms with Crippen LogP contribution in [0.3, 0.4) is 0 Å². The highest BCUT2D eigenvalue weighted by Gasteiger charge is 2.32. The minimum atomic E-state index is -0.177. The molecule has 1 fully saturated rings. The quantitative estimate of drug-likeness (QED) is 0.632. The summed E-state index contributed by atoms with van der Waals surface area (Å²) in [6, 6.07) is 7.78. The molecule has 1 aromatic rings. The summed E-state index contributed by atoms with van der Waals surface area (Å²) in [5.74, 6) is -0.0312. The summed E-state index contributed by atoms with van der Waals surface area (Å²) in [6.07, 6.45) is 0.517. The molecule has 0 spiro atoms. The molecule has 2 heteroatoms. The SMILES string of the molecule is Cc1ccccc1C1CC(=O)CC1=O. The Hall–Kier alpha value is -1.44. The average Bonchev–Trinajstić information content (AvgIpc) is 2.46. The van der Waals surface area contributed by atoms with Crippen molar-refractivity contribution in [3.63, 3.8) is 0 Å². The molecule has 1 aliphatic carbocycles. The van der Waals surface area contributed by atoms with Crippen LogP contribution < -0.4 is 0 Å². The van der Waals surface area contributed by atoms with Gasteiger partial charge in [-0.3, -0.25) is 9.59 Å². The van der Waals surface area contributed by atoms with Crippen molar-refractivity contribution in [1.29, 1.82) is 0 Å². The topological polar surface area (TPSA) is 34.1 Å². The van der Waals surface area contributed by atoms with Gasteiger partial charge in [0.1, 0.15) is 11.6 Å². The molecule has 0 radical (unpaired) electrons. The molecule has 1 aromatic carbocycles. The van der Waals surface area contributed by atoms with Gasteiger partial charge in [-0.1, -0.05) is 24.3 Å². The molecule has 72 valence electrons. The van der Waals surface area contributed by atoms with Crippen LogP contribution in [0.1, 0.15) is 29.9 Å². The van der Waals surface area contributed by atoms with E-state index in [9.17, 15) is 9.59 Å². The number of hydrogen-bond acceptors (Lipinski definition) is 2. The number of ketones is 2. The minimum absolute atomic E-state index is 0.0725.